The number of nitrogens with zero attached hydrogens (tertiary/aromatic N) is 2. The maximum absolute atomic E-state index is 6.15. The van der Waals surface area contributed by atoms with Crippen molar-refractivity contribution >= 4 is 0 Å². The van der Waals surface area contributed by atoms with E-state index < -0.39 is 0 Å². The van der Waals surface area contributed by atoms with E-state index in [2.05, 4.69) is 44.3 Å². The molecule has 20 heavy (non-hydrogen) atoms. The molecule has 0 aliphatic carbocycles. The summed E-state index contributed by atoms with van der Waals surface area (Å²) in [5.41, 5.74) is 1.25. The van der Waals surface area contributed by atoms with Gasteiger partial charge in [0.2, 0.25) is 0 Å². The molecule has 0 saturated heterocycles. The summed E-state index contributed by atoms with van der Waals surface area (Å²) >= 11 is 0. The Hall–Kier alpha value is -0.870. The third-order valence-electron chi connectivity index (χ3n) is 4.19. The van der Waals surface area contributed by atoms with E-state index in [1.54, 1.807) is 0 Å². The summed E-state index contributed by atoms with van der Waals surface area (Å²) < 4.78 is 8.02. The first kappa shape index (κ1) is 17.2. The lowest BCUT2D eigenvalue weighted by Crippen LogP contribution is -2.52. The van der Waals surface area contributed by atoms with Gasteiger partial charge in [0.15, 0.2) is 0 Å². The molecule has 1 aromatic rings. The Morgan fingerprint density at radius 3 is 2.45 bits per heavy atom. The fourth-order valence-corrected chi connectivity index (χ4v) is 3.04. The Morgan fingerprint density at radius 2 is 2.00 bits per heavy atom. The highest BCUT2D eigenvalue weighted by Gasteiger charge is 2.35. The topological polar surface area (TPSA) is 39.1 Å². The van der Waals surface area contributed by atoms with Crippen LogP contribution in [0.5, 0.6) is 0 Å². The molecule has 1 aromatic heterocycles. The largest absolute Gasteiger partial charge is 0.374 e. The standard InChI is InChI=1S/C16H31N3O/c1-6-16(7-2,20-9-4)15(17-8-3)11-10-14-12-18-19(5)13-14/h12-13,15,17H,6-11H2,1-5H3. The van der Waals surface area contributed by atoms with Gasteiger partial charge < -0.3 is 10.1 Å². The number of hydrogen-bond donors (Lipinski definition) is 1. The van der Waals surface area contributed by atoms with Crippen molar-refractivity contribution in [1.29, 1.82) is 0 Å². The van der Waals surface area contributed by atoms with E-state index in [1.807, 2.05) is 17.9 Å². The molecule has 1 heterocycles. The zero-order valence-electron chi connectivity index (χ0n) is 13.8. The number of aryl methyl sites for hydroxylation is 2. The monoisotopic (exact) mass is 281 g/mol. The molecular formula is C16H31N3O. The summed E-state index contributed by atoms with van der Waals surface area (Å²) in [6.07, 6.45) is 8.28. The lowest BCUT2D eigenvalue weighted by molar-refractivity contribution is -0.0733. The summed E-state index contributed by atoms with van der Waals surface area (Å²) in [4.78, 5) is 0. The molecule has 0 aromatic carbocycles. The number of aromatic nitrogens is 2. The zero-order valence-corrected chi connectivity index (χ0v) is 13.8. The van der Waals surface area contributed by atoms with Gasteiger partial charge in [-0.25, -0.2) is 0 Å². The predicted molar refractivity (Wildman–Crippen MR) is 83.9 cm³/mol. The average Bonchev–Trinajstić information content (AvgIpc) is 2.87. The van der Waals surface area contributed by atoms with Crippen molar-refractivity contribution in [2.75, 3.05) is 13.2 Å². The van der Waals surface area contributed by atoms with Gasteiger partial charge in [-0.15, -0.1) is 0 Å². The smallest absolute Gasteiger partial charge is 0.0829 e. The average molecular weight is 281 g/mol. The van der Waals surface area contributed by atoms with Crippen LogP contribution in [0.25, 0.3) is 0 Å². The summed E-state index contributed by atoms with van der Waals surface area (Å²) in [5, 5.41) is 7.88. The summed E-state index contributed by atoms with van der Waals surface area (Å²) in [7, 11) is 1.97. The molecule has 1 unspecified atom stereocenters. The summed E-state index contributed by atoms with van der Waals surface area (Å²) in [6.45, 7) is 10.5. The normalized spacial score (nSPS) is 13.7. The van der Waals surface area contributed by atoms with E-state index in [1.165, 1.54) is 5.56 Å². The molecule has 0 aliphatic heterocycles. The lowest BCUT2D eigenvalue weighted by atomic mass is 9.84. The Bertz CT molecular complexity index is 372. The van der Waals surface area contributed by atoms with Gasteiger partial charge in [-0.1, -0.05) is 20.8 Å². The number of nitrogens with one attached hydrogen (secondary N) is 1. The van der Waals surface area contributed by atoms with Gasteiger partial charge >= 0.3 is 0 Å². The SMILES string of the molecule is CCNC(CCc1cnn(C)c1)C(CC)(CC)OCC. The third-order valence-corrected chi connectivity index (χ3v) is 4.19. The van der Waals surface area contributed by atoms with Crippen LogP contribution in [-0.2, 0) is 18.2 Å². The van der Waals surface area contributed by atoms with Crippen LogP contribution in [0.2, 0.25) is 0 Å². The minimum absolute atomic E-state index is 0.0486. The molecule has 4 nitrogen and oxygen atoms in total. The Labute approximate surface area is 123 Å². The van der Waals surface area contributed by atoms with E-state index in [-0.39, 0.29) is 5.60 Å². The van der Waals surface area contributed by atoms with Crippen LogP contribution in [0.15, 0.2) is 12.4 Å². The maximum Gasteiger partial charge on any atom is 0.0829 e. The highest BCUT2D eigenvalue weighted by molar-refractivity contribution is 5.05. The van der Waals surface area contributed by atoms with Crippen molar-refractivity contribution in [2.24, 2.45) is 7.05 Å². The van der Waals surface area contributed by atoms with Crippen LogP contribution in [0.4, 0.5) is 0 Å². The number of ether oxygens (including phenoxy) is 1. The second-order valence-electron chi connectivity index (χ2n) is 5.38. The molecule has 0 bridgehead atoms. The van der Waals surface area contributed by atoms with E-state index in [4.69, 9.17) is 4.74 Å². The zero-order chi connectivity index (χ0) is 15.0. The van der Waals surface area contributed by atoms with Crippen LogP contribution >= 0.6 is 0 Å². The van der Waals surface area contributed by atoms with Gasteiger partial charge in [-0.05, 0) is 44.7 Å². The van der Waals surface area contributed by atoms with Gasteiger partial charge in [-0.3, -0.25) is 4.68 Å². The number of rotatable bonds is 10. The molecule has 1 N–H and O–H groups in total. The molecule has 116 valence electrons. The lowest BCUT2D eigenvalue weighted by Gasteiger charge is -2.40. The highest BCUT2D eigenvalue weighted by atomic mass is 16.5. The molecule has 4 heteroatoms. The van der Waals surface area contributed by atoms with Gasteiger partial charge in [0.05, 0.1) is 11.8 Å². The van der Waals surface area contributed by atoms with Crippen molar-refractivity contribution < 1.29 is 4.74 Å². The van der Waals surface area contributed by atoms with Crippen molar-refractivity contribution in [3.8, 4) is 0 Å². The van der Waals surface area contributed by atoms with Crippen LogP contribution in [0.3, 0.4) is 0 Å². The molecule has 0 amide bonds. The summed E-state index contributed by atoms with van der Waals surface area (Å²) in [6, 6.07) is 0.391. The van der Waals surface area contributed by atoms with Crippen molar-refractivity contribution in [3.05, 3.63) is 18.0 Å². The highest BCUT2D eigenvalue weighted by Crippen LogP contribution is 2.28. The van der Waals surface area contributed by atoms with Gasteiger partial charge in [0, 0.05) is 25.9 Å². The summed E-state index contributed by atoms with van der Waals surface area (Å²) in [5.74, 6) is 0. The Balaban J connectivity index is 2.74. The molecular weight excluding hydrogens is 250 g/mol. The third kappa shape index (κ3) is 4.32. The molecule has 0 aliphatic rings. The molecule has 1 atom stereocenters. The Kier molecular flexibility index (Phi) is 7.24. The van der Waals surface area contributed by atoms with Crippen molar-refractivity contribution in [1.82, 2.24) is 15.1 Å². The molecule has 0 saturated carbocycles. The van der Waals surface area contributed by atoms with Gasteiger partial charge in [0.25, 0.3) is 0 Å². The van der Waals surface area contributed by atoms with Crippen LogP contribution in [0, 0.1) is 0 Å². The van der Waals surface area contributed by atoms with Crippen LogP contribution in [-0.4, -0.2) is 34.6 Å². The first-order chi connectivity index (χ1) is 9.61. The van der Waals surface area contributed by atoms with E-state index in [0.29, 0.717) is 6.04 Å². The first-order valence-electron chi connectivity index (χ1n) is 7.96. The fourth-order valence-electron chi connectivity index (χ4n) is 3.04. The predicted octanol–water partition coefficient (Wildman–Crippen LogP) is 2.93. The van der Waals surface area contributed by atoms with Crippen molar-refractivity contribution in [3.63, 3.8) is 0 Å². The molecule has 0 radical (unpaired) electrons. The first-order valence-corrected chi connectivity index (χ1v) is 7.96. The van der Waals surface area contributed by atoms with Crippen LogP contribution in [0.1, 0.15) is 52.5 Å². The molecule has 0 fully saturated rings. The molecule has 0 spiro atoms. The fraction of sp³-hybridized carbons (Fsp3) is 0.812. The van der Waals surface area contributed by atoms with Gasteiger partial charge in [0.1, 0.15) is 0 Å². The Morgan fingerprint density at radius 1 is 1.30 bits per heavy atom. The second-order valence-corrected chi connectivity index (χ2v) is 5.38. The van der Waals surface area contributed by atoms with Gasteiger partial charge in [-0.2, -0.15) is 5.10 Å². The minimum atomic E-state index is -0.0486. The maximum atomic E-state index is 6.15. The minimum Gasteiger partial charge on any atom is -0.374 e. The van der Waals surface area contributed by atoms with E-state index in [9.17, 15) is 0 Å². The van der Waals surface area contributed by atoms with Crippen molar-refractivity contribution in [2.45, 2.75) is 65.0 Å². The van der Waals surface area contributed by atoms with E-state index >= 15 is 0 Å². The van der Waals surface area contributed by atoms with E-state index in [0.717, 1.165) is 38.8 Å². The number of hydrogen-bond acceptors (Lipinski definition) is 3. The second kappa shape index (κ2) is 8.42. The molecule has 1 rings (SSSR count). The number of likely N-dealkylation sites (N-methyl/N-ethyl adjacent to an activating group) is 1. The quantitative estimate of drug-likeness (QED) is 0.716. The van der Waals surface area contributed by atoms with Crippen LogP contribution < -0.4 is 5.32 Å².